The normalized spacial score (nSPS) is 17.3. The Kier molecular flexibility index (Phi) is 3.47. The summed E-state index contributed by atoms with van der Waals surface area (Å²) in [5, 5.41) is 16.6. The highest BCUT2D eigenvalue weighted by Crippen LogP contribution is 2.27. The standard InChI is InChI=1S/C15H15N8O/c1-9-11(21-23(20-9)10-5-3-2-4-6-10)8-24-12-7-13(16)17-15-14(12)18-22-19-15/h2-7,9H,8H2,1H3,(H3,16,17,18,19,22)/q-1. The largest absolute Gasteiger partial charge is 0.537 e. The number of rotatable bonds is 4. The zero-order valence-corrected chi connectivity index (χ0v) is 12.9. The first kappa shape index (κ1) is 14.4. The SMILES string of the molecule is CC1[N-]N(c2ccccc2)N=C1COc1cc(N)nc2n[nH]nc12. The molecule has 1 atom stereocenters. The first-order valence-corrected chi connectivity index (χ1v) is 7.44. The quantitative estimate of drug-likeness (QED) is 0.756. The topological polar surface area (TPSA) is 119 Å². The van der Waals surface area contributed by atoms with Crippen molar-refractivity contribution in [2.45, 2.75) is 13.0 Å². The molecular weight excluding hydrogens is 308 g/mol. The molecule has 0 aliphatic carbocycles. The average Bonchev–Trinajstić information content (AvgIpc) is 3.20. The van der Waals surface area contributed by atoms with Crippen LogP contribution in [0.2, 0.25) is 0 Å². The maximum Gasteiger partial charge on any atom is 0.207 e. The van der Waals surface area contributed by atoms with E-state index in [1.54, 1.807) is 11.2 Å². The number of nitrogen functional groups attached to an aromatic ring is 1. The number of para-hydroxylation sites is 1. The predicted octanol–water partition coefficient (Wildman–Crippen LogP) is 1.87. The van der Waals surface area contributed by atoms with E-state index in [2.05, 4.69) is 30.9 Å². The van der Waals surface area contributed by atoms with E-state index < -0.39 is 0 Å². The molecule has 2 aromatic heterocycles. The van der Waals surface area contributed by atoms with Crippen molar-refractivity contribution in [2.24, 2.45) is 5.10 Å². The second-order valence-corrected chi connectivity index (χ2v) is 5.34. The number of pyridine rings is 1. The molecule has 4 rings (SSSR count). The molecule has 1 aliphatic rings. The summed E-state index contributed by atoms with van der Waals surface area (Å²) in [6.07, 6.45) is 0. The van der Waals surface area contributed by atoms with Gasteiger partial charge in [0.1, 0.15) is 12.4 Å². The van der Waals surface area contributed by atoms with E-state index in [-0.39, 0.29) is 12.6 Å². The molecule has 0 saturated carbocycles. The van der Waals surface area contributed by atoms with Crippen LogP contribution in [0.4, 0.5) is 11.5 Å². The van der Waals surface area contributed by atoms with Gasteiger partial charge in [0.05, 0.1) is 5.71 Å². The number of anilines is 2. The summed E-state index contributed by atoms with van der Waals surface area (Å²) in [7, 11) is 0. The number of nitrogens with zero attached hydrogens (tertiary/aromatic N) is 6. The summed E-state index contributed by atoms with van der Waals surface area (Å²) in [4.78, 5) is 4.08. The van der Waals surface area contributed by atoms with Gasteiger partial charge in [0.2, 0.25) is 5.65 Å². The van der Waals surface area contributed by atoms with E-state index in [9.17, 15) is 0 Å². The predicted molar refractivity (Wildman–Crippen MR) is 90.8 cm³/mol. The van der Waals surface area contributed by atoms with E-state index in [0.29, 0.717) is 22.7 Å². The molecule has 122 valence electrons. The molecule has 0 saturated heterocycles. The van der Waals surface area contributed by atoms with Crippen molar-refractivity contribution >= 4 is 28.4 Å². The molecule has 0 amide bonds. The van der Waals surface area contributed by atoms with Crippen molar-refractivity contribution in [3.05, 3.63) is 41.8 Å². The van der Waals surface area contributed by atoms with Gasteiger partial charge in [0.15, 0.2) is 11.3 Å². The molecule has 9 heteroatoms. The van der Waals surface area contributed by atoms with Gasteiger partial charge in [0, 0.05) is 11.8 Å². The van der Waals surface area contributed by atoms with Gasteiger partial charge in [0.25, 0.3) is 0 Å². The number of nitrogens with two attached hydrogens (primary N) is 1. The third-order valence-corrected chi connectivity index (χ3v) is 3.63. The molecule has 3 N–H and O–H groups in total. The summed E-state index contributed by atoms with van der Waals surface area (Å²) in [5.74, 6) is 0.836. The fourth-order valence-electron chi connectivity index (χ4n) is 2.38. The summed E-state index contributed by atoms with van der Waals surface area (Å²) >= 11 is 0. The van der Waals surface area contributed by atoms with E-state index in [1.165, 1.54) is 0 Å². The maximum atomic E-state index is 5.84. The minimum atomic E-state index is -0.0720. The molecule has 0 spiro atoms. The highest BCUT2D eigenvalue weighted by Gasteiger charge is 2.16. The zero-order chi connectivity index (χ0) is 16.5. The lowest BCUT2D eigenvalue weighted by atomic mass is 10.2. The van der Waals surface area contributed by atoms with Crippen molar-refractivity contribution in [1.82, 2.24) is 20.4 Å². The van der Waals surface area contributed by atoms with Crippen molar-refractivity contribution in [2.75, 3.05) is 17.5 Å². The minimum Gasteiger partial charge on any atom is -0.537 e. The van der Waals surface area contributed by atoms with Gasteiger partial charge >= 0.3 is 0 Å². The lowest BCUT2D eigenvalue weighted by Gasteiger charge is -2.30. The maximum absolute atomic E-state index is 5.84. The fourth-order valence-corrected chi connectivity index (χ4v) is 2.38. The molecule has 9 nitrogen and oxygen atoms in total. The number of benzene rings is 1. The molecule has 24 heavy (non-hydrogen) atoms. The highest BCUT2D eigenvalue weighted by molar-refractivity contribution is 5.96. The lowest BCUT2D eigenvalue weighted by Crippen LogP contribution is -2.19. The first-order valence-electron chi connectivity index (χ1n) is 7.44. The molecule has 0 fully saturated rings. The van der Waals surface area contributed by atoms with Gasteiger partial charge < -0.3 is 21.0 Å². The van der Waals surface area contributed by atoms with Gasteiger partial charge in [-0.2, -0.15) is 15.4 Å². The van der Waals surface area contributed by atoms with Crippen LogP contribution >= 0.6 is 0 Å². The van der Waals surface area contributed by atoms with E-state index >= 15 is 0 Å². The monoisotopic (exact) mass is 323 g/mol. The van der Waals surface area contributed by atoms with Gasteiger partial charge in [-0.25, -0.2) is 4.98 Å². The van der Waals surface area contributed by atoms with Crippen molar-refractivity contribution in [1.29, 1.82) is 0 Å². The van der Waals surface area contributed by atoms with Crippen LogP contribution in [0.5, 0.6) is 5.75 Å². The first-order chi connectivity index (χ1) is 11.7. The fraction of sp³-hybridized carbons (Fsp3) is 0.200. The number of nitrogens with one attached hydrogen (secondary N) is 1. The number of hydrogen-bond acceptors (Lipinski definition) is 7. The summed E-state index contributed by atoms with van der Waals surface area (Å²) in [6, 6.07) is 11.3. The smallest absolute Gasteiger partial charge is 0.207 e. The number of aromatic nitrogens is 4. The van der Waals surface area contributed by atoms with E-state index in [0.717, 1.165) is 11.4 Å². The van der Waals surface area contributed by atoms with Crippen LogP contribution in [0.1, 0.15) is 6.92 Å². The Balaban J connectivity index is 1.53. The number of ether oxygens (including phenoxy) is 1. The van der Waals surface area contributed by atoms with Crippen LogP contribution < -0.4 is 15.6 Å². The Hall–Kier alpha value is -3.20. The van der Waals surface area contributed by atoms with Crippen LogP contribution in [-0.4, -0.2) is 38.8 Å². The van der Waals surface area contributed by atoms with Crippen LogP contribution in [0.3, 0.4) is 0 Å². The molecule has 1 aliphatic heterocycles. The van der Waals surface area contributed by atoms with E-state index in [1.807, 2.05) is 37.3 Å². The number of aromatic amines is 1. The Morgan fingerprint density at radius 3 is 2.96 bits per heavy atom. The summed E-state index contributed by atoms with van der Waals surface area (Å²) in [5.41, 5.74) is 12.9. The average molecular weight is 323 g/mol. The number of fused-ring (bicyclic) bond motifs is 1. The Morgan fingerprint density at radius 1 is 1.29 bits per heavy atom. The molecule has 1 aromatic carbocycles. The Labute approximate surface area is 137 Å². The second kappa shape index (κ2) is 5.78. The van der Waals surface area contributed by atoms with Gasteiger partial charge in [-0.3, -0.25) is 0 Å². The van der Waals surface area contributed by atoms with Crippen molar-refractivity contribution < 1.29 is 4.74 Å². The van der Waals surface area contributed by atoms with Crippen LogP contribution in [0.15, 0.2) is 41.5 Å². The number of H-pyrrole nitrogens is 1. The molecule has 0 radical (unpaired) electrons. The molecule has 1 unspecified atom stereocenters. The zero-order valence-electron chi connectivity index (χ0n) is 12.9. The molecule has 0 bridgehead atoms. The summed E-state index contributed by atoms with van der Waals surface area (Å²) in [6.45, 7) is 2.25. The van der Waals surface area contributed by atoms with Gasteiger partial charge in [-0.15, -0.1) is 5.10 Å². The Bertz CT molecular complexity index is 891. The summed E-state index contributed by atoms with van der Waals surface area (Å²) < 4.78 is 5.84. The third kappa shape index (κ3) is 2.61. The molecular formula is C15H15N8O-. The Morgan fingerprint density at radius 2 is 2.12 bits per heavy atom. The minimum absolute atomic E-state index is 0.0720. The van der Waals surface area contributed by atoms with Crippen LogP contribution in [0, 0.1) is 0 Å². The molecule has 3 heterocycles. The lowest BCUT2D eigenvalue weighted by molar-refractivity contribution is 0.378. The highest BCUT2D eigenvalue weighted by atomic mass is 16.5. The second-order valence-electron chi connectivity index (χ2n) is 5.34. The van der Waals surface area contributed by atoms with E-state index in [4.69, 9.17) is 10.5 Å². The number of hydrogen-bond donors (Lipinski definition) is 2. The van der Waals surface area contributed by atoms with Crippen LogP contribution in [0.25, 0.3) is 16.6 Å². The molecule has 3 aromatic rings. The van der Waals surface area contributed by atoms with Crippen molar-refractivity contribution in [3.8, 4) is 5.75 Å². The van der Waals surface area contributed by atoms with Crippen LogP contribution in [-0.2, 0) is 0 Å². The van der Waals surface area contributed by atoms with Gasteiger partial charge in [-0.05, 0) is 12.1 Å². The third-order valence-electron chi connectivity index (χ3n) is 3.63. The van der Waals surface area contributed by atoms with Gasteiger partial charge in [-0.1, -0.05) is 31.2 Å². The van der Waals surface area contributed by atoms with Crippen molar-refractivity contribution in [3.63, 3.8) is 0 Å². The number of hydrazone groups is 1.